The number of carbonyl (C=O) groups is 1. The number of benzene rings is 3. The number of sulfonamides is 1. The Morgan fingerprint density at radius 2 is 1.76 bits per heavy atom. The molecule has 0 saturated carbocycles. The van der Waals surface area contributed by atoms with Gasteiger partial charge >= 0.3 is 0 Å². The highest BCUT2D eigenvalue weighted by molar-refractivity contribution is 7.92. The maximum absolute atomic E-state index is 13.3. The van der Waals surface area contributed by atoms with Gasteiger partial charge in [-0.1, -0.05) is 43.6 Å². The summed E-state index contributed by atoms with van der Waals surface area (Å²) in [5.74, 6) is 0.103. The fraction of sp³-hybridized carbons (Fsp3) is 0.240. The summed E-state index contributed by atoms with van der Waals surface area (Å²) in [7, 11) is -3.93. The van der Waals surface area contributed by atoms with Gasteiger partial charge in [-0.05, 0) is 73.4 Å². The number of nitrogens with one attached hydrogen (secondary N) is 2. The summed E-state index contributed by atoms with van der Waals surface area (Å²) in [4.78, 5) is 12.7. The second-order valence-electron chi connectivity index (χ2n) is 7.85. The zero-order valence-corrected chi connectivity index (χ0v) is 20.5. The lowest BCUT2D eigenvalue weighted by Crippen LogP contribution is -2.17. The van der Waals surface area contributed by atoms with Crippen molar-refractivity contribution in [3.8, 4) is 5.75 Å². The van der Waals surface area contributed by atoms with Crippen molar-refractivity contribution in [2.75, 3.05) is 16.6 Å². The quantitative estimate of drug-likeness (QED) is 0.395. The maximum atomic E-state index is 13.3. The Hall–Kier alpha value is -3.03. The number of hydrogen-bond donors (Lipinski definition) is 2. The van der Waals surface area contributed by atoms with Gasteiger partial charge in [0.1, 0.15) is 5.75 Å². The van der Waals surface area contributed by atoms with Crippen molar-refractivity contribution >= 4 is 38.9 Å². The number of anilines is 2. The molecule has 3 aromatic carbocycles. The van der Waals surface area contributed by atoms with Crippen LogP contribution in [-0.4, -0.2) is 20.9 Å². The lowest BCUT2D eigenvalue weighted by atomic mass is 9.99. The van der Waals surface area contributed by atoms with Gasteiger partial charge in [0.15, 0.2) is 0 Å². The van der Waals surface area contributed by atoms with Crippen LogP contribution in [-0.2, 0) is 10.0 Å². The fourth-order valence-electron chi connectivity index (χ4n) is 3.36. The smallest absolute Gasteiger partial charge is 0.261 e. The molecule has 2 N–H and O–H groups in total. The molecule has 33 heavy (non-hydrogen) atoms. The van der Waals surface area contributed by atoms with E-state index in [2.05, 4.69) is 10.0 Å². The number of carbonyl (C=O) groups excluding carboxylic acids is 1. The summed E-state index contributed by atoms with van der Waals surface area (Å²) in [5, 5.41) is 3.26. The minimum atomic E-state index is -3.93. The second-order valence-corrected chi connectivity index (χ2v) is 9.97. The van der Waals surface area contributed by atoms with E-state index in [0.29, 0.717) is 28.6 Å². The molecule has 3 rings (SSSR count). The molecule has 1 amide bonds. The second kappa shape index (κ2) is 10.3. The summed E-state index contributed by atoms with van der Waals surface area (Å²) < 4.78 is 34.9. The van der Waals surface area contributed by atoms with Crippen LogP contribution < -0.4 is 14.8 Å². The average molecular weight is 487 g/mol. The molecule has 0 spiro atoms. The van der Waals surface area contributed by atoms with E-state index in [4.69, 9.17) is 16.3 Å². The molecule has 0 saturated heterocycles. The van der Waals surface area contributed by atoms with Gasteiger partial charge in [-0.25, -0.2) is 8.42 Å². The summed E-state index contributed by atoms with van der Waals surface area (Å²) in [6, 6.07) is 16.5. The molecule has 3 aromatic rings. The zero-order chi connectivity index (χ0) is 24.2. The largest absolute Gasteiger partial charge is 0.492 e. The lowest BCUT2D eigenvalue weighted by molar-refractivity contribution is 0.102. The van der Waals surface area contributed by atoms with E-state index < -0.39 is 15.9 Å². The highest BCUT2D eigenvalue weighted by Crippen LogP contribution is 2.32. The van der Waals surface area contributed by atoms with Gasteiger partial charge in [0.25, 0.3) is 15.9 Å². The van der Waals surface area contributed by atoms with E-state index in [0.717, 1.165) is 11.1 Å². The number of aryl methyl sites for hydroxylation is 1. The summed E-state index contributed by atoms with van der Waals surface area (Å²) in [5.41, 5.74) is 2.93. The van der Waals surface area contributed by atoms with Crippen LogP contribution in [0, 0.1) is 6.92 Å². The fourth-order valence-corrected chi connectivity index (χ4v) is 4.67. The highest BCUT2D eigenvalue weighted by Gasteiger charge is 2.21. The SMILES string of the molecule is CCOc1ccc(S(=O)(=O)Nc2c(C)cccc2C(C)C)cc1NC(=O)c1ccc(Cl)cc1. The van der Waals surface area contributed by atoms with Crippen LogP contribution in [0.3, 0.4) is 0 Å². The summed E-state index contributed by atoms with van der Waals surface area (Å²) >= 11 is 5.90. The predicted octanol–water partition coefficient (Wildman–Crippen LogP) is 6.22. The molecule has 0 atom stereocenters. The first-order chi connectivity index (χ1) is 15.6. The Kier molecular flexibility index (Phi) is 7.66. The van der Waals surface area contributed by atoms with Crippen molar-refractivity contribution in [1.82, 2.24) is 0 Å². The highest BCUT2D eigenvalue weighted by atomic mass is 35.5. The minimum absolute atomic E-state index is 0.00955. The number of hydrogen-bond acceptors (Lipinski definition) is 4. The standard InChI is InChI=1S/C25H27ClN2O4S/c1-5-32-23-14-13-20(15-22(23)27-25(29)18-9-11-19(26)12-10-18)33(30,31)28-24-17(4)7-6-8-21(24)16(2)3/h6-16,28H,5H2,1-4H3,(H,27,29). The Balaban J connectivity index is 1.97. The molecule has 0 heterocycles. The normalized spacial score (nSPS) is 11.3. The molecule has 174 valence electrons. The molecule has 0 aliphatic rings. The summed E-state index contributed by atoms with van der Waals surface area (Å²) in [6.45, 7) is 8.04. The molecule has 0 bridgehead atoms. The van der Waals surface area contributed by atoms with Crippen molar-refractivity contribution in [2.45, 2.75) is 38.5 Å². The van der Waals surface area contributed by atoms with Crippen LogP contribution >= 0.6 is 11.6 Å². The zero-order valence-electron chi connectivity index (χ0n) is 19.0. The van der Waals surface area contributed by atoms with Gasteiger partial charge in [-0.3, -0.25) is 9.52 Å². The first-order valence-corrected chi connectivity index (χ1v) is 12.4. The minimum Gasteiger partial charge on any atom is -0.492 e. The molecular weight excluding hydrogens is 460 g/mol. The lowest BCUT2D eigenvalue weighted by Gasteiger charge is -2.18. The van der Waals surface area contributed by atoms with Gasteiger partial charge in [-0.2, -0.15) is 0 Å². The summed E-state index contributed by atoms with van der Waals surface area (Å²) in [6.07, 6.45) is 0. The van der Waals surface area contributed by atoms with Crippen molar-refractivity contribution in [2.24, 2.45) is 0 Å². The Morgan fingerprint density at radius 3 is 2.39 bits per heavy atom. The van der Waals surface area contributed by atoms with Crippen LogP contribution in [0.25, 0.3) is 0 Å². The van der Waals surface area contributed by atoms with Crippen LogP contribution in [0.4, 0.5) is 11.4 Å². The van der Waals surface area contributed by atoms with Crippen LogP contribution in [0.5, 0.6) is 5.75 Å². The third kappa shape index (κ3) is 5.86. The number of amides is 1. The van der Waals surface area contributed by atoms with Crippen molar-refractivity contribution in [3.05, 3.63) is 82.4 Å². The van der Waals surface area contributed by atoms with Crippen molar-refractivity contribution < 1.29 is 17.9 Å². The van der Waals surface area contributed by atoms with E-state index in [-0.39, 0.29) is 16.5 Å². The predicted molar refractivity (Wildman–Crippen MR) is 133 cm³/mol. The van der Waals surface area contributed by atoms with Gasteiger partial charge in [0.2, 0.25) is 0 Å². The van der Waals surface area contributed by atoms with E-state index in [1.54, 1.807) is 24.3 Å². The van der Waals surface area contributed by atoms with E-state index >= 15 is 0 Å². The Labute approximate surface area is 200 Å². The number of halogens is 1. The third-order valence-corrected chi connectivity index (χ3v) is 6.68. The van der Waals surface area contributed by atoms with E-state index in [9.17, 15) is 13.2 Å². The van der Waals surface area contributed by atoms with E-state index in [1.807, 2.05) is 45.9 Å². The Bertz CT molecular complexity index is 1260. The molecule has 6 nitrogen and oxygen atoms in total. The monoisotopic (exact) mass is 486 g/mol. The Morgan fingerprint density at radius 1 is 1.06 bits per heavy atom. The molecule has 0 aromatic heterocycles. The van der Waals surface area contributed by atoms with Crippen LogP contribution in [0.1, 0.15) is 48.2 Å². The molecule has 0 unspecified atom stereocenters. The van der Waals surface area contributed by atoms with E-state index in [1.165, 1.54) is 18.2 Å². The van der Waals surface area contributed by atoms with Crippen LogP contribution in [0.2, 0.25) is 5.02 Å². The van der Waals surface area contributed by atoms with Gasteiger partial charge in [0.05, 0.1) is 22.9 Å². The molecule has 8 heteroatoms. The maximum Gasteiger partial charge on any atom is 0.261 e. The van der Waals surface area contributed by atoms with Crippen LogP contribution in [0.15, 0.2) is 65.6 Å². The third-order valence-electron chi connectivity index (χ3n) is 5.08. The number of rotatable bonds is 8. The number of para-hydroxylation sites is 1. The molecule has 0 fully saturated rings. The first-order valence-electron chi connectivity index (χ1n) is 10.6. The number of ether oxygens (including phenoxy) is 1. The average Bonchev–Trinajstić information content (AvgIpc) is 2.76. The van der Waals surface area contributed by atoms with Gasteiger partial charge in [0, 0.05) is 10.6 Å². The topological polar surface area (TPSA) is 84.5 Å². The van der Waals surface area contributed by atoms with Crippen molar-refractivity contribution in [3.63, 3.8) is 0 Å². The van der Waals surface area contributed by atoms with Gasteiger partial charge < -0.3 is 10.1 Å². The van der Waals surface area contributed by atoms with Gasteiger partial charge in [-0.15, -0.1) is 0 Å². The molecule has 0 aliphatic carbocycles. The molecular formula is C25H27ClN2O4S. The first kappa shape index (κ1) is 24.6. The van der Waals surface area contributed by atoms with Crippen molar-refractivity contribution in [1.29, 1.82) is 0 Å². The molecule has 0 radical (unpaired) electrons. The molecule has 0 aliphatic heterocycles.